The lowest BCUT2D eigenvalue weighted by Crippen LogP contribution is -2.38. The quantitative estimate of drug-likeness (QED) is 0.790. The third-order valence-electron chi connectivity index (χ3n) is 2.75. The number of aliphatic hydroxyl groups is 1. The van der Waals surface area contributed by atoms with Crippen molar-refractivity contribution in [3.63, 3.8) is 0 Å². The van der Waals surface area contributed by atoms with Gasteiger partial charge in [0.1, 0.15) is 5.82 Å². The minimum Gasteiger partial charge on any atom is -0.391 e. The molecule has 1 atom stereocenters. The minimum atomic E-state index is -0.230. The lowest BCUT2D eigenvalue weighted by atomic mass is 10.1. The molecule has 0 spiro atoms. The smallest absolute Gasteiger partial charge is 0.226 e. The van der Waals surface area contributed by atoms with Crippen LogP contribution in [0, 0.1) is 0 Å². The molecule has 1 aromatic rings. The van der Waals surface area contributed by atoms with Gasteiger partial charge < -0.3 is 14.9 Å². The third-order valence-corrected chi connectivity index (χ3v) is 2.75. The Morgan fingerprint density at radius 1 is 1.50 bits per heavy atom. The normalized spacial score (nSPS) is 20.9. The molecule has 0 amide bonds. The zero-order valence-corrected chi connectivity index (χ0v) is 9.80. The van der Waals surface area contributed by atoms with Gasteiger partial charge in [-0.15, -0.1) is 0 Å². The number of hydrogen-bond acceptors (Lipinski definition) is 5. The number of aromatic nitrogens is 2. The molecule has 1 N–H and O–H groups in total. The SMILES string of the molecule is CN(C)c1nccc(N2CCCC(O)C2)n1. The van der Waals surface area contributed by atoms with Gasteiger partial charge in [0.2, 0.25) is 5.95 Å². The second kappa shape index (κ2) is 4.65. The van der Waals surface area contributed by atoms with E-state index in [0.29, 0.717) is 12.5 Å². The molecule has 1 aromatic heterocycles. The molecule has 0 bridgehead atoms. The molecule has 1 unspecified atom stereocenters. The van der Waals surface area contributed by atoms with E-state index in [1.54, 1.807) is 6.20 Å². The highest BCUT2D eigenvalue weighted by atomic mass is 16.3. The Kier molecular flexibility index (Phi) is 3.24. The van der Waals surface area contributed by atoms with E-state index in [1.807, 2.05) is 25.1 Å². The largest absolute Gasteiger partial charge is 0.391 e. The summed E-state index contributed by atoms with van der Waals surface area (Å²) in [5, 5.41) is 9.62. The second-order valence-electron chi connectivity index (χ2n) is 4.35. The number of piperidine rings is 1. The average molecular weight is 222 g/mol. The van der Waals surface area contributed by atoms with Crippen LogP contribution < -0.4 is 9.80 Å². The fourth-order valence-corrected chi connectivity index (χ4v) is 1.89. The van der Waals surface area contributed by atoms with E-state index in [2.05, 4.69) is 14.9 Å². The Labute approximate surface area is 95.7 Å². The summed E-state index contributed by atoms with van der Waals surface area (Å²) in [4.78, 5) is 12.6. The molecule has 2 rings (SSSR count). The molecule has 16 heavy (non-hydrogen) atoms. The lowest BCUT2D eigenvalue weighted by molar-refractivity contribution is 0.154. The predicted molar refractivity (Wildman–Crippen MR) is 63.8 cm³/mol. The van der Waals surface area contributed by atoms with Crippen molar-refractivity contribution < 1.29 is 5.11 Å². The summed E-state index contributed by atoms with van der Waals surface area (Å²) in [5.74, 6) is 1.61. The van der Waals surface area contributed by atoms with Crippen molar-refractivity contribution in [1.29, 1.82) is 0 Å². The summed E-state index contributed by atoms with van der Waals surface area (Å²) >= 11 is 0. The molecule has 0 aromatic carbocycles. The molecule has 1 aliphatic heterocycles. The Hall–Kier alpha value is -1.36. The van der Waals surface area contributed by atoms with E-state index < -0.39 is 0 Å². The first-order valence-corrected chi connectivity index (χ1v) is 5.60. The summed E-state index contributed by atoms with van der Waals surface area (Å²) in [6.45, 7) is 1.63. The van der Waals surface area contributed by atoms with E-state index >= 15 is 0 Å². The Morgan fingerprint density at radius 2 is 2.31 bits per heavy atom. The van der Waals surface area contributed by atoms with Crippen molar-refractivity contribution in [3.05, 3.63) is 12.3 Å². The first kappa shape index (κ1) is 11.1. The topological polar surface area (TPSA) is 52.5 Å². The maximum atomic E-state index is 9.62. The molecule has 0 aliphatic carbocycles. The van der Waals surface area contributed by atoms with Gasteiger partial charge >= 0.3 is 0 Å². The first-order chi connectivity index (χ1) is 7.66. The number of aliphatic hydroxyl groups excluding tert-OH is 1. The molecule has 1 aliphatic rings. The highest BCUT2D eigenvalue weighted by molar-refractivity contribution is 5.43. The molecular formula is C11H18N4O. The zero-order valence-electron chi connectivity index (χ0n) is 9.80. The molecule has 2 heterocycles. The van der Waals surface area contributed by atoms with Crippen molar-refractivity contribution in [2.75, 3.05) is 37.0 Å². The lowest BCUT2D eigenvalue weighted by Gasteiger charge is -2.31. The van der Waals surface area contributed by atoms with Crippen LogP contribution >= 0.6 is 0 Å². The summed E-state index contributed by atoms with van der Waals surface area (Å²) < 4.78 is 0. The van der Waals surface area contributed by atoms with Gasteiger partial charge in [0, 0.05) is 33.4 Å². The van der Waals surface area contributed by atoms with E-state index in [4.69, 9.17) is 0 Å². The Bertz CT molecular complexity index is 356. The van der Waals surface area contributed by atoms with Crippen molar-refractivity contribution in [3.8, 4) is 0 Å². The van der Waals surface area contributed by atoms with Crippen LogP contribution in [0.15, 0.2) is 12.3 Å². The van der Waals surface area contributed by atoms with Crippen LogP contribution in [0.3, 0.4) is 0 Å². The van der Waals surface area contributed by atoms with Crippen LogP contribution in [0.1, 0.15) is 12.8 Å². The van der Waals surface area contributed by atoms with Crippen LogP contribution in [0.4, 0.5) is 11.8 Å². The summed E-state index contributed by atoms with van der Waals surface area (Å²) in [7, 11) is 3.84. The summed E-state index contributed by atoms with van der Waals surface area (Å²) in [6.07, 6.45) is 3.44. The standard InChI is InChI=1S/C11H18N4O/c1-14(2)11-12-6-5-10(13-11)15-7-3-4-9(16)8-15/h5-6,9,16H,3-4,7-8H2,1-2H3. The van der Waals surface area contributed by atoms with Gasteiger partial charge in [-0.05, 0) is 18.9 Å². The van der Waals surface area contributed by atoms with Crippen molar-refractivity contribution in [1.82, 2.24) is 9.97 Å². The van der Waals surface area contributed by atoms with Gasteiger partial charge in [-0.3, -0.25) is 0 Å². The molecule has 1 saturated heterocycles. The molecule has 88 valence electrons. The molecule has 1 fully saturated rings. The molecule has 5 heteroatoms. The Morgan fingerprint density at radius 3 is 3.00 bits per heavy atom. The third kappa shape index (κ3) is 2.41. The summed E-state index contributed by atoms with van der Waals surface area (Å²) in [5.41, 5.74) is 0. The number of β-amino-alcohol motifs (C(OH)–C–C–N with tert-alkyl or cyclic N) is 1. The maximum absolute atomic E-state index is 9.62. The summed E-state index contributed by atoms with van der Waals surface area (Å²) in [6, 6.07) is 1.89. The van der Waals surface area contributed by atoms with Gasteiger partial charge in [0.15, 0.2) is 0 Å². The molecule has 5 nitrogen and oxygen atoms in total. The number of rotatable bonds is 2. The highest BCUT2D eigenvalue weighted by Gasteiger charge is 2.19. The zero-order chi connectivity index (χ0) is 11.5. The maximum Gasteiger partial charge on any atom is 0.226 e. The van der Waals surface area contributed by atoms with Gasteiger partial charge in [-0.1, -0.05) is 0 Å². The second-order valence-corrected chi connectivity index (χ2v) is 4.35. The highest BCUT2D eigenvalue weighted by Crippen LogP contribution is 2.18. The van der Waals surface area contributed by atoms with E-state index in [1.165, 1.54) is 0 Å². The van der Waals surface area contributed by atoms with Crippen LogP contribution in [0.25, 0.3) is 0 Å². The fourth-order valence-electron chi connectivity index (χ4n) is 1.89. The molecular weight excluding hydrogens is 204 g/mol. The van der Waals surface area contributed by atoms with Gasteiger partial charge in [0.25, 0.3) is 0 Å². The van der Waals surface area contributed by atoms with Crippen LogP contribution in [0.2, 0.25) is 0 Å². The van der Waals surface area contributed by atoms with Crippen LogP contribution in [-0.2, 0) is 0 Å². The van der Waals surface area contributed by atoms with E-state index in [0.717, 1.165) is 25.2 Å². The average Bonchev–Trinajstić information content (AvgIpc) is 2.29. The number of anilines is 2. The van der Waals surface area contributed by atoms with E-state index in [-0.39, 0.29) is 6.10 Å². The van der Waals surface area contributed by atoms with E-state index in [9.17, 15) is 5.11 Å². The minimum absolute atomic E-state index is 0.230. The number of hydrogen-bond donors (Lipinski definition) is 1. The molecule has 0 radical (unpaired) electrons. The number of nitrogens with zero attached hydrogens (tertiary/aromatic N) is 4. The van der Waals surface area contributed by atoms with Gasteiger partial charge in [-0.25, -0.2) is 4.98 Å². The first-order valence-electron chi connectivity index (χ1n) is 5.60. The van der Waals surface area contributed by atoms with Gasteiger partial charge in [-0.2, -0.15) is 4.98 Å². The van der Waals surface area contributed by atoms with Crippen LogP contribution in [-0.4, -0.2) is 48.4 Å². The van der Waals surface area contributed by atoms with Gasteiger partial charge in [0.05, 0.1) is 6.10 Å². The van der Waals surface area contributed by atoms with Crippen molar-refractivity contribution in [2.24, 2.45) is 0 Å². The van der Waals surface area contributed by atoms with Crippen molar-refractivity contribution >= 4 is 11.8 Å². The van der Waals surface area contributed by atoms with Crippen LogP contribution in [0.5, 0.6) is 0 Å². The monoisotopic (exact) mass is 222 g/mol. The Balaban J connectivity index is 2.16. The molecule has 0 saturated carbocycles. The fraction of sp³-hybridized carbons (Fsp3) is 0.636. The predicted octanol–water partition coefficient (Wildman–Crippen LogP) is 0.504. The van der Waals surface area contributed by atoms with Crippen molar-refractivity contribution in [2.45, 2.75) is 18.9 Å².